The number of amides is 1. The van der Waals surface area contributed by atoms with Crippen molar-refractivity contribution in [1.29, 1.82) is 0 Å². The molecule has 3 rings (SSSR count). The van der Waals surface area contributed by atoms with Gasteiger partial charge in [-0.05, 0) is 29.7 Å². The van der Waals surface area contributed by atoms with Crippen molar-refractivity contribution < 1.29 is 19.4 Å². The molecule has 1 heterocycles. The van der Waals surface area contributed by atoms with Gasteiger partial charge in [-0.3, -0.25) is 4.79 Å². The molecule has 2 aromatic rings. The number of ketones is 1. The largest absolute Gasteiger partial charge is 0.489 e. The summed E-state index contributed by atoms with van der Waals surface area (Å²) < 4.78 is 6.03. The molecule has 0 bridgehead atoms. The Hall–Kier alpha value is -3.28. The van der Waals surface area contributed by atoms with Gasteiger partial charge in [-0.1, -0.05) is 30.3 Å². The number of ether oxygens (including phenoxy) is 1. The maximum atomic E-state index is 12.6. The van der Waals surface area contributed by atoms with Gasteiger partial charge in [0, 0.05) is 44.0 Å². The highest BCUT2D eigenvalue weighted by atomic mass is 16.5. The predicted molar refractivity (Wildman–Crippen MR) is 107 cm³/mol. The zero-order valence-electron chi connectivity index (χ0n) is 16.1. The van der Waals surface area contributed by atoms with E-state index in [4.69, 9.17) is 4.74 Å². The lowest BCUT2D eigenvalue weighted by molar-refractivity contribution is 0.104. The van der Waals surface area contributed by atoms with Crippen LogP contribution >= 0.6 is 0 Å². The number of carbonyl (C=O) groups excluding carboxylic acids is 1. The Kier molecular flexibility index (Phi) is 5.99. The highest BCUT2D eigenvalue weighted by Gasteiger charge is 2.24. The monoisotopic (exact) mass is 380 g/mol. The molecule has 0 saturated carbocycles. The third kappa shape index (κ3) is 4.71. The number of carbonyl (C=O) groups is 2. The van der Waals surface area contributed by atoms with Crippen LogP contribution in [0.15, 0.2) is 54.7 Å². The Morgan fingerprint density at radius 1 is 1.21 bits per heavy atom. The Morgan fingerprint density at radius 3 is 2.64 bits per heavy atom. The van der Waals surface area contributed by atoms with Gasteiger partial charge in [-0.15, -0.1) is 0 Å². The maximum absolute atomic E-state index is 12.6. The van der Waals surface area contributed by atoms with Gasteiger partial charge < -0.3 is 19.6 Å². The SMILES string of the molecule is CN(C)C=CC(=O)c1cc2c(c(OCc3ccccc3)c1)CN(C(=O)O)CC2. The van der Waals surface area contributed by atoms with Gasteiger partial charge in [0.05, 0.1) is 6.54 Å². The molecule has 0 aromatic heterocycles. The summed E-state index contributed by atoms with van der Waals surface area (Å²) in [6, 6.07) is 13.3. The van der Waals surface area contributed by atoms with E-state index in [1.807, 2.05) is 50.5 Å². The van der Waals surface area contributed by atoms with Crippen LogP contribution in [0, 0.1) is 0 Å². The number of fused-ring (bicyclic) bond motifs is 1. The lowest BCUT2D eigenvalue weighted by atomic mass is 9.95. The molecule has 0 saturated heterocycles. The number of hydrogen-bond donors (Lipinski definition) is 1. The van der Waals surface area contributed by atoms with Gasteiger partial charge in [0.2, 0.25) is 0 Å². The lowest BCUT2D eigenvalue weighted by Crippen LogP contribution is -2.35. The average Bonchev–Trinajstić information content (AvgIpc) is 2.70. The summed E-state index contributed by atoms with van der Waals surface area (Å²) in [6.45, 7) is 1.02. The quantitative estimate of drug-likeness (QED) is 0.613. The van der Waals surface area contributed by atoms with Crippen molar-refractivity contribution in [1.82, 2.24) is 9.80 Å². The molecule has 6 heteroatoms. The molecule has 0 aliphatic carbocycles. The van der Waals surface area contributed by atoms with E-state index in [9.17, 15) is 14.7 Å². The van der Waals surface area contributed by atoms with Crippen LogP contribution in [-0.4, -0.2) is 47.4 Å². The Balaban J connectivity index is 1.92. The van der Waals surface area contributed by atoms with E-state index in [-0.39, 0.29) is 12.3 Å². The molecular weight excluding hydrogens is 356 g/mol. The molecule has 0 fully saturated rings. The van der Waals surface area contributed by atoms with Crippen LogP contribution in [0.4, 0.5) is 4.79 Å². The summed E-state index contributed by atoms with van der Waals surface area (Å²) in [5.74, 6) is 0.454. The number of benzene rings is 2. The smallest absolute Gasteiger partial charge is 0.407 e. The number of hydrogen-bond acceptors (Lipinski definition) is 4. The minimum Gasteiger partial charge on any atom is -0.489 e. The van der Waals surface area contributed by atoms with E-state index in [0.29, 0.717) is 30.9 Å². The fourth-order valence-electron chi connectivity index (χ4n) is 3.11. The number of rotatable bonds is 6. The van der Waals surface area contributed by atoms with E-state index < -0.39 is 6.09 Å². The van der Waals surface area contributed by atoms with Crippen molar-refractivity contribution in [2.24, 2.45) is 0 Å². The van der Waals surface area contributed by atoms with Crippen LogP contribution in [0.3, 0.4) is 0 Å². The molecular formula is C22H24N2O4. The summed E-state index contributed by atoms with van der Waals surface area (Å²) in [6.07, 6.45) is 2.84. The lowest BCUT2D eigenvalue weighted by Gasteiger charge is -2.28. The molecule has 2 aromatic carbocycles. The normalized spacial score (nSPS) is 13.3. The van der Waals surface area contributed by atoms with Crippen molar-refractivity contribution in [3.63, 3.8) is 0 Å². The molecule has 0 unspecified atom stereocenters. The Morgan fingerprint density at radius 2 is 1.96 bits per heavy atom. The van der Waals surface area contributed by atoms with Gasteiger partial charge in [-0.2, -0.15) is 0 Å². The zero-order chi connectivity index (χ0) is 20.1. The molecule has 1 aliphatic rings. The molecule has 1 amide bonds. The first-order valence-corrected chi connectivity index (χ1v) is 9.13. The minimum atomic E-state index is -0.950. The van der Waals surface area contributed by atoms with Crippen molar-refractivity contribution in [2.75, 3.05) is 20.6 Å². The molecule has 0 radical (unpaired) electrons. The second-order valence-corrected chi connectivity index (χ2v) is 6.98. The van der Waals surface area contributed by atoms with Crippen LogP contribution in [0.1, 0.15) is 27.0 Å². The second-order valence-electron chi connectivity index (χ2n) is 6.98. The van der Waals surface area contributed by atoms with Crippen molar-refractivity contribution >= 4 is 11.9 Å². The third-order valence-corrected chi connectivity index (χ3v) is 4.62. The topological polar surface area (TPSA) is 70.1 Å². The summed E-state index contributed by atoms with van der Waals surface area (Å²) in [5.41, 5.74) is 3.34. The van der Waals surface area contributed by atoms with Gasteiger partial charge in [0.25, 0.3) is 0 Å². The fraction of sp³-hybridized carbons (Fsp3) is 0.273. The van der Waals surface area contributed by atoms with Crippen molar-refractivity contribution in [2.45, 2.75) is 19.6 Å². The van der Waals surface area contributed by atoms with Crippen molar-refractivity contribution in [3.05, 3.63) is 77.0 Å². The second kappa shape index (κ2) is 8.61. The summed E-state index contributed by atoms with van der Waals surface area (Å²) >= 11 is 0. The molecule has 146 valence electrons. The first-order valence-electron chi connectivity index (χ1n) is 9.13. The Labute approximate surface area is 164 Å². The minimum absolute atomic E-state index is 0.110. The third-order valence-electron chi connectivity index (χ3n) is 4.62. The van der Waals surface area contributed by atoms with Crippen molar-refractivity contribution in [3.8, 4) is 5.75 Å². The van der Waals surface area contributed by atoms with E-state index in [0.717, 1.165) is 16.7 Å². The van der Waals surface area contributed by atoms with Gasteiger partial charge in [-0.25, -0.2) is 4.79 Å². The molecule has 28 heavy (non-hydrogen) atoms. The Bertz CT molecular complexity index is 891. The summed E-state index contributed by atoms with van der Waals surface area (Å²) in [7, 11) is 3.71. The van der Waals surface area contributed by atoms with Crippen LogP contribution in [0.5, 0.6) is 5.75 Å². The van der Waals surface area contributed by atoms with E-state index in [1.54, 1.807) is 17.2 Å². The number of allylic oxidation sites excluding steroid dienone is 1. The van der Waals surface area contributed by atoms with Crippen LogP contribution in [0.25, 0.3) is 0 Å². The van der Waals surface area contributed by atoms with E-state index >= 15 is 0 Å². The van der Waals surface area contributed by atoms with Crippen LogP contribution in [-0.2, 0) is 19.6 Å². The van der Waals surface area contributed by atoms with Crippen LogP contribution in [0.2, 0.25) is 0 Å². The molecule has 0 spiro atoms. The van der Waals surface area contributed by atoms with Gasteiger partial charge in [0.1, 0.15) is 12.4 Å². The maximum Gasteiger partial charge on any atom is 0.407 e. The predicted octanol–water partition coefficient (Wildman–Crippen LogP) is 3.56. The first kappa shape index (κ1) is 19.5. The first-order chi connectivity index (χ1) is 13.4. The zero-order valence-corrected chi connectivity index (χ0v) is 16.1. The average molecular weight is 380 g/mol. The highest BCUT2D eigenvalue weighted by molar-refractivity contribution is 6.05. The number of carboxylic acid groups (broad SMARTS) is 1. The van der Waals surface area contributed by atoms with Crippen LogP contribution < -0.4 is 4.74 Å². The van der Waals surface area contributed by atoms with Gasteiger partial charge in [0.15, 0.2) is 5.78 Å². The standard InChI is InChI=1S/C22H24N2O4/c1-23(2)10-9-20(25)18-12-17-8-11-24(22(26)27)14-19(17)21(13-18)28-15-16-6-4-3-5-7-16/h3-7,9-10,12-13H,8,11,14-15H2,1-2H3,(H,26,27). The van der Waals surface area contributed by atoms with E-state index in [1.165, 1.54) is 11.0 Å². The number of nitrogens with zero attached hydrogens (tertiary/aromatic N) is 2. The summed E-state index contributed by atoms with van der Waals surface area (Å²) in [4.78, 5) is 27.1. The molecule has 1 N–H and O–H groups in total. The highest BCUT2D eigenvalue weighted by Crippen LogP contribution is 2.31. The van der Waals surface area contributed by atoms with E-state index in [2.05, 4.69) is 0 Å². The molecule has 0 atom stereocenters. The molecule has 6 nitrogen and oxygen atoms in total. The molecule has 1 aliphatic heterocycles. The summed E-state index contributed by atoms with van der Waals surface area (Å²) in [5, 5.41) is 9.34. The fourth-order valence-corrected chi connectivity index (χ4v) is 3.11. The van der Waals surface area contributed by atoms with Gasteiger partial charge >= 0.3 is 6.09 Å².